The smallest absolute Gasteiger partial charge is 0.0794 e. The van der Waals surface area contributed by atoms with Crippen molar-refractivity contribution >= 4 is 15.9 Å². The number of aliphatic hydroxyl groups excluding tert-OH is 1. The SMILES string of the molecule is CC(C)N(C[C@H](O)[C@H](Br)C1CCCCC1)C(C)C. The van der Waals surface area contributed by atoms with Gasteiger partial charge in [0.05, 0.1) is 6.10 Å². The van der Waals surface area contributed by atoms with Gasteiger partial charge in [-0.3, -0.25) is 4.90 Å². The van der Waals surface area contributed by atoms with Crippen molar-refractivity contribution in [3.05, 3.63) is 0 Å². The van der Waals surface area contributed by atoms with E-state index in [0.717, 1.165) is 6.54 Å². The van der Waals surface area contributed by atoms with Gasteiger partial charge >= 0.3 is 0 Å². The molecular weight excluding hydrogens is 290 g/mol. The number of nitrogens with zero attached hydrogens (tertiary/aromatic N) is 1. The van der Waals surface area contributed by atoms with E-state index in [1.807, 2.05) is 0 Å². The van der Waals surface area contributed by atoms with Crippen LogP contribution in [-0.4, -0.2) is 39.6 Å². The topological polar surface area (TPSA) is 23.5 Å². The van der Waals surface area contributed by atoms with E-state index < -0.39 is 0 Å². The van der Waals surface area contributed by atoms with E-state index in [2.05, 4.69) is 48.5 Å². The Morgan fingerprint density at radius 3 is 2.00 bits per heavy atom. The standard InChI is InChI=1S/C15H30BrNO/c1-11(2)17(12(3)4)10-14(18)15(16)13-8-6-5-7-9-13/h11-15,18H,5-10H2,1-4H3/t14-,15+/m0/s1. The van der Waals surface area contributed by atoms with Crippen LogP contribution in [0.5, 0.6) is 0 Å². The zero-order valence-electron chi connectivity index (χ0n) is 12.4. The van der Waals surface area contributed by atoms with Gasteiger partial charge in [-0.05, 0) is 46.5 Å². The van der Waals surface area contributed by atoms with E-state index in [4.69, 9.17) is 0 Å². The second-order valence-corrected chi connectivity index (χ2v) is 7.35. The van der Waals surface area contributed by atoms with Crippen molar-refractivity contribution in [3.8, 4) is 0 Å². The predicted molar refractivity (Wildman–Crippen MR) is 82.3 cm³/mol. The molecule has 0 aromatic heterocycles. The second-order valence-electron chi connectivity index (χ2n) is 6.29. The zero-order valence-corrected chi connectivity index (χ0v) is 14.0. The highest BCUT2D eigenvalue weighted by molar-refractivity contribution is 9.09. The predicted octanol–water partition coefficient (Wildman–Crippen LogP) is 3.81. The molecule has 1 N–H and O–H groups in total. The molecule has 0 heterocycles. The van der Waals surface area contributed by atoms with Crippen molar-refractivity contribution in [2.24, 2.45) is 5.92 Å². The van der Waals surface area contributed by atoms with E-state index in [1.54, 1.807) is 0 Å². The summed E-state index contributed by atoms with van der Waals surface area (Å²) < 4.78 is 0. The normalized spacial score (nSPS) is 21.8. The minimum Gasteiger partial charge on any atom is -0.391 e. The van der Waals surface area contributed by atoms with Crippen LogP contribution in [0.2, 0.25) is 0 Å². The molecule has 0 amide bonds. The van der Waals surface area contributed by atoms with Crippen LogP contribution in [0.3, 0.4) is 0 Å². The third-order valence-electron chi connectivity index (χ3n) is 4.19. The molecular formula is C15H30BrNO. The van der Waals surface area contributed by atoms with Crippen LogP contribution in [0.1, 0.15) is 59.8 Å². The summed E-state index contributed by atoms with van der Waals surface area (Å²) in [6.45, 7) is 9.60. The lowest BCUT2D eigenvalue weighted by Gasteiger charge is -2.36. The summed E-state index contributed by atoms with van der Waals surface area (Å²) in [7, 11) is 0. The van der Waals surface area contributed by atoms with Gasteiger partial charge in [0, 0.05) is 23.5 Å². The average molecular weight is 320 g/mol. The van der Waals surface area contributed by atoms with Crippen molar-refractivity contribution in [2.75, 3.05) is 6.54 Å². The van der Waals surface area contributed by atoms with E-state index in [0.29, 0.717) is 18.0 Å². The molecule has 3 heteroatoms. The maximum absolute atomic E-state index is 10.4. The van der Waals surface area contributed by atoms with Gasteiger partial charge in [0.15, 0.2) is 0 Å². The minimum atomic E-state index is -0.252. The van der Waals surface area contributed by atoms with Crippen LogP contribution >= 0.6 is 15.9 Å². The minimum absolute atomic E-state index is 0.252. The largest absolute Gasteiger partial charge is 0.391 e. The first-order valence-electron chi connectivity index (χ1n) is 7.51. The fourth-order valence-corrected chi connectivity index (χ4v) is 3.80. The van der Waals surface area contributed by atoms with Gasteiger partial charge in [-0.15, -0.1) is 0 Å². The van der Waals surface area contributed by atoms with Gasteiger partial charge in [-0.25, -0.2) is 0 Å². The molecule has 0 unspecified atom stereocenters. The number of aliphatic hydroxyl groups is 1. The molecule has 1 saturated carbocycles. The first kappa shape index (κ1) is 16.5. The van der Waals surface area contributed by atoms with Gasteiger partial charge in [0.1, 0.15) is 0 Å². The van der Waals surface area contributed by atoms with Crippen LogP contribution in [0.15, 0.2) is 0 Å². The lowest BCUT2D eigenvalue weighted by Crippen LogP contribution is -2.46. The van der Waals surface area contributed by atoms with Crippen LogP contribution in [0.25, 0.3) is 0 Å². The number of hydrogen-bond donors (Lipinski definition) is 1. The number of rotatable bonds is 6. The summed E-state index contributed by atoms with van der Waals surface area (Å²) >= 11 is 3.75. The molecule has 1 rings (SSSR count). The Morgan fingerprint density at radius 2 is 1.56 bits per heavy atom. The monoisotopic (exact) mass is 319 g/mol. The molecule has 108 valence electrons. The molecule has 2 nitrogen and oxygen atoms in total. The molecule has 0 radical (unpaired) electrons. The summed E-state index contributed by atoms with van der Waals surface area (Å²) in [5.41, 5.74) is 0. The molecule has 0 bridgehead atoms. The van der Waals surface area contributed by atoms with E-state index in [-0.39, 0.29) is 10.9 Å². The Labute approximate surface area is 121 Å². The molecule has 0 saturated heterocycles. The summed E-state index contributed by atoms with van der Waals surface area (Å²) in [6.07, 6.45) is 6.33. The maximum atomic E-state index is 10.4. The molecule has 18 heavy (non-hydrogen) atoms. The number of alkyl halides is 1. The van der Waals surface area contributed by atoms with Gasteiger partial charge < -0.3 is 5.11 Å². The van der Waals surface area contributed by atoms with Gasteiger partial charge in [-0.1, -0.05) is 35.2 Å². The van der Waals surface area contributed by atoms with Crippen LogP contribution in [0.4, 0.5) is 0 Å². The summed E-state index contributed by atoms with van der Waals surface area (Å²) in [5, 5.41) is 10.4. The zero-order chi connectivity index (χ0) is 13.7. The average Bonchev–Trinajstić information content (AvgIpc) is 2.35. The highest BCUT2D eigenvalue weighted by atomic mass is 79.9. The fourth-order valence-electron chi connectivity index (χ4n) is 3.10. The molecule has 1 aliphatic rings. The maximum Gasteiger partial charge on any atom is 0.0794 e. The Hall–Kier alpha value is 0.400. The molecule has 1 aliphatic carbocycles. The van der Waals surface area contributed by atoms with Gasteiger partial charge in [0.2, 0.25) is 0 Å². The van der Waals surface area contributed by atoms with Crippen molar-refractivity contribution in [3.63, 3.8) is 0 Å². The fraction of sp³-hybridized carbons (Fsp3) is 1.00. The Kier molecular flexibility index (Phi) is 7.19. The van der Waals surface area contributed by atoms with Crippen LogP contribution in [-0.2, 0) is 0 Å². The Bertz CT molecular complexity index is 219. The lowest BCUT2D eigenvalue weighted by atomic mass is 9.85. The molecule has 0 aliphatic heterocycles. The van der Waals surface area contributed by atoms with Gasteiger partial charge in [0.25, 0.3) is 0 Å². The van der Waals surface area contributed by atoms with Crippen molar-refractivity contribution in [1.82, 2.24) is 4.90 Å². The second kappa shape index (κ2) is 7.86. The van der Waals surface area contributed by atoms with Crippen molar-refractivity contribution in [2.45, 2.75) is 82.8 Å². The molecule has 1 fully saturated rings. The first-order valence-corrected chi connectivity index (χ1v) is 8.43. The third-order valence-corrected chi connectivity index (χ3v) is 5.55. The summed E-state index contributed by atoms with van der Waals surface area (Å²) in [4.78, 5) is 2.64. The Balaban J connectivity index is 2.48. The summed E-state index contributed by atoms with van der Waals surface area (Å²) in [6, 6.07) is 0.983. The molecule has 0 aromatic rings. The Morgan fingerprint density at radius 1 is 1.06 bits per heavy atom. The van der Waals surface area contributed by atoms with Crippen molar-refractivity contribution in [1.29, 1.82) is 0 Å². The first-order chi connectivity index (χ1) is 8.43. The van der Waals surface area contributed by atoms with E-state index in [9.17, 15) is 5.11 Å². The third kappa shape index (κ3) is 4.82. The highest BCUT2D eigenvalue weighted by Crippen LogP contribution is 2.32. The number of hydrogen-bond acceptors (Lipinski definition) is 2. The lowest BCUT2D eigenvalue weighted by molar-refractivity contribution is 0.0621. The van der Waals surface area contributed by atoms with E-state index >= 15 is 0 Å². The van der Waals surface area contributed by atoms with Gasteiger partial charge in [-0.2, -0.15) is 0 Å². The number of halogens is 1. The molecule has 2 atom stereocenters. The van der Waals surface area contributed by atoms with Crippen molar-refractivity contribution < 1.29 is 5.11 Å². The van der Waals surface area contributed by atoms with E-state index in [1.165, 1.54) is 32.1 Å². The van der Waals surface area contributed by atoms with Crippen LogP contribution < -0.4 is 0 Å². The summed E-state index contributed by atoms with van der Waals surface area (Å²) in [5.74, 6) is 0.662. The van der Waals surface area contributed by atoms with Crippen LogP contribution in [0, 0.1) is 5.92 Å². The molecule has 0 spiro atoms. The molecule has 0 aromatic carbocycles. The quantitative estimate of drug-likeness (QED) is 0.752. The highest BCUT2D eigenvalue weighted by Gasteiger charge is 2.29.